The van der Waals surface area contributed by atoms with Crippen LogP contribution in [0.5, 0.6) is 5.75 Å². The van der Waals surface area contributed by atoms with Gasteiger partial charge in [0.15, 0.2) is 0 Å². The van der Waals surface area contributed by atoms with Crippen molar-refractivity contribution >= 4 is 29.3 Å². The lowest BCUT2D eigenvalue weighted by Gasteiger charge is -2.21. The first kappa shape index (κ1) is 19.1. The van der Waals surface area contributed by atoms with Gasteiger partial charge in [0.1, 0.15) is 5.75 Å². The molecule has 2 amide bonds. The number of hydrogen-bond donors (Lipinski definition) is 2. The van der Waals surface area contributed by atoms with Gasteiger partial charge in [0, 0.05) is 30.4 Å². The lowest BCUT2D eigenvalue weighted by atomic mass is 10.0. The number of phenolic OH excluding ortho intramolecular Hbond substituents is 1. The van der Waals surface area contributed by atoms with Gasteiger partial charge in [-0.15, -0.1) is 0 Å². The van der Waals surface area contributed by atoms with Crippen LogP contribution in [0.4, 0.5) is 5.69 Å². The van der Waals surface area contributed by atoms with Gasteiger partial charge in [-0.25, -0.2) is 0 Å². The molecule has 5 nitrogen and oxygen atoms in total. The Kier molecular flexibility index (Phi) is 6.83. The fourth-order valence-corrected chi connectivity index (χ4v) is 4.99. The van der Waals surface area contributed by atoms with E-state index in [0.29, 0.717) is 13.1 Å². The Morgan fingerprint density at radius 2 is 1.92 bits per heavy atom. The standard InChI is InChI=1S/C20H28N2O3S/c23-17-9-7-16(8-10-17)22-14-15(13-19(22)24)20(25)21-11-4-12-26-18-5-2-1-3-6-18/h7-10,15,18,23H,1-6,11-14H2,(H,21,25)/t15-/m0/s1. The summed E-state index contributed by atoms with van der Waals surface area (Å²) in [5, 5.41) is 13.2. The average molecular weight is 377 g/mol. The fraction of sp³-hybridized carbons (Fsp3) is 0.600. The minimum atomic E-state index is -0.290. The minimum Gasteiger partial charge on any atom is -0.508 e. The van der Waals surface area contributed by atoms with Crippen LogP contribution in [-0.4, -0.2) is 41.0 Å². The van der Waals surface area contributed by atoms with Crippen LogP contribution in [-0.2, 0) is 9.59 Å². The normalized spacial score (nSPS) is 21.2. The molecule has 26 heavy (non-hydrogen) atoms. The van der Waals surface area contributed by atoms with Crippen molar-refractivity contribution in [3.05, 3.63) is 24.3 Å². The molecule has 142 valence electrons. The molecule has 2 aliphatic rings. The van der Waals surface area contributed by atoms with Gasteiger partial charge in [0.05, 0.1) is 5.92 Å². The highest BCUT2D eigenvalue weighted by molar-refractivity contribution is 7.99. The molecule has 1 aromatic carbocycles. The number of rotatable bonds is 7. The number of carbonyl (C=O) groups is 2. The lowest BCUT2D eigenvalue weighted by Crippen LogP contribution is -2.33. The summed E-state index contributed by atoms with van der Waals surface area (Å²) in [6.45, 7) is 1.09. The van der Waals surface area contributed by atoms with Gasteiger partial charge in [0.2, 0.25) is 11.8 Å². The minimum absolute atomic E-state index is 0.0257. The Hall–Kier alpha value is -1.69. The summed E-state index contributed by atoms with van der Waals surface area (Å²) in [6.07, 6.45) is 8.03. The van der Waals surface area contributed by atoms with Crippen LogP contribution in [0.2, 0.25) is 0 Å². The van der Waals surface area contributed by atoms with Crippen LogP contribution >= 0.6 is 11.8 Å². The molecule has 1 atom stereocenters. The van der Waals surface area contributed by atoms with E-state index in [1.807, 2.05) is 11.8 Å². The van der Waals surface area contributed by atoms with Crippen molar-refractivity contribution in [2.75, 3.05) is 23.7 Å². The second kappa shape index (κ2) is 9.31. The third-order valence-electron chi connectivity index (χ3n) is 5.18. The second-order valence-electron chi connectivity index (χ2n) is 7.20. The molecule has 1 saturated carbocycles. The van der Waals surface area contributed by atoms with Gasteiger partial charge < -0.3 is 15.3 Å². The van der Waals surface area contributed by atoms with Crippen molar-refractivity contribution in [1.29, 1.82) is 0 Å². The number of aromatic hydroxyl groups is 1. The van der Waals surface area contributed by atoms with E-state index in [4.69, 9.17) is 0 Å². The average Bonchev–Trinajstić information content (AvgIpc) is 3.05. The molecular weight excluding hydrogens is 348 g/mol. The number of anilines is 1. The number of hydrogen-bond acceptors (Lipinski definition) is 4. The van der Waals surface area contributed by atoms with Crippen molar-refractivity contribution in [2.45, 2.75) is 50.2 Å². The summed E-state index contributed by atoms with van der Waals surface area (Å²) < 4.78 is 0. The van der Waals surface area contributed by atoms with Gasteiger partial charge >= 0.3 is 0 Å². The predicted octanol–water partition coefficient (Wildman–Crippen LogP) is 3.32. The quantitative estimate of drug-likeness (QED) is 0.716. The molecule has 0 radical (unpaired) electrons. The molecule has 1 aliphatic heterocycles. The third kappa shape index (κ3) is 5.16. The van der Waals surface area contributed by atoms with E-state index in [2.05, 4.69) is 5.32 Å². The van der Waals surface area contributed by atoms with Crippen molar-refractivity contribution < 1.29 is 14.7 Å². The second-order valence-corrected chi connectivity index (χ2v) is 8.61. The number of carbonyl (C=O) groups excluding carboxylic acids is 2. The maximum absolute atomic E-state index is 12.3. The zero-order valence-corrected chi connectivity index (χ0v) is 16.0. The molecule has 2 N–H and O–H groups in total. The molecule has 0 spiro atoms. The molecule has 1 saturated heterocycles. The molecule has 2 fully saturated rings. The maximum atomic E-state index is 12.3. The Morgan fingerprint density at radius 1 is 1.19 bits per heavy atom. The van der Waals surface area contributed by atoms with Crippen LogP contribution in [0, 0.1) is 5.92 Å². The summed E-state index contributed by atoms with van der Waals surface area (Å²) in [7, 11) is 0. The largest absolute Gasteiger partial charge is 0.508 e. The first-order valence-corrected chi connectivity index (χ1v) is 10.7. The zero-order valence-electron chi connectivity index (χ0n) is 15.2. The van der Waals surface area contributed by atoms with Crippen LogP contribution in [0.25, 0.3) is 0 Å². The highest BCUT2D eigenvalue weighted by atomic mass is 32.2. The Morgan fingerprint density at radius 3 is 2.65 bits per heavy atom. The van der Waals surface area contributed by atoms with Crippen LogP contribution in [0.15, 0.2) is 24.3 Å². The highest BCUT2D eigenvalue weighted by Gasteiger charge is 2.34. The lowest BCUT2D eigenvalue weighted by molar-refractivity contribution is -0.126. The highest BCUT2D eigenvalue weighted by Crippen LogP contribution is 2.29. The van der Waals surface area contributed by atoms with Gasteiger partial charge in [-0.1, -0.05) is 19.3 Å². The van der Waals surface area contributed by atoms with Crippen LogP contribution < -0.4 is 10.2 Å². The maximum Gasteiger partial charge on any atom is 0.227 e. The first-order chi connectivity index (χ1) is 12.6. The van der Waals surface area contributed by atoms with Crippen LogP contribution in [0.3, 0.4) is 0 Å². The number of benzene rings is 1. The molecule has 1 aromatic rings. The van der Waals surface area contributed by atoms with E-state index in [1.165, 1.54) is 32.1 Å². The molecule has 1 aliphatic carbocycles. The van der Waals surface area contributed by atoms with E-state index < -0.39 is 0 Å². The van der Waals surface area contributed by atoms with E-state index in [9.17, 15) is 14.7 Å². The molecule has 0 aromatic heterocycles. The van der Waals surface area contributed by atoms with Crippen molar-refractivity contribution in [3.63, 3.8) is 0 Å². The van der Waals surface area contributed by atoms with E-state index in [-0.39, 0.29) is 29.9 Å². The van der Waals surface area contributed by atoms with E-state index >= 15 is 0 Å². The first-order valence-electron chi connectivity index (χ1n) is 9.62. The van der Waals surface area contributed by atoms with Crippen LogP contribution in [0.1, 0.15) is 44.9 Å². The van der Waals surface area contributed by atoms with E-state index in [0.717, 1.165) is 23.1 Å². The SMILES string of the molecule is O=C(NCCCSC1CCCCC1)[C@H]1CC(=O)N(c2ccc(O)cc2)C1. The molecular formula is C20H28N2O3S. The summed E-state index contributed by atoms with van der Waals surface area (Å²) in [5.74, 6) is 0.905. The number of nitrogens with zero attached hydrogens (tertiary/aromatic N) is 1. The Bertz CT molecular complexity index is 614. The summed E-state index contributed by atoms with van der Waals surface area (Å²) >= 11 is 2.05. The van der Waals surface area contributed by atoms with E-state index in [1.54, 1.807) is 29.2 Å². The predicted molar refractivity (Wildman–Crippen MR) is 106 cm³/mol. The summed E-state index contributed by atoms with van der Waals surface area (Å²) in [6, 6.07) is 6.52. The fourth-order valence-electron chi connectivity index (χ4n) is 3.68. The number of phenols is 1. The monoisotopic (exact) mass is 376 g/mol. The smallest absolute Gasteiger partial charge is 0.227 e. The number of amides is 2. The number of thioether (sulfide) groups is 1. The van der Waals surface area contributed by atoms with Gasteiger partial charge in [-0.3, -0.25) is 9.59 Å². The Labute approximate surface area is 159 Å². The van der Waals surface area contributed by atoms with Crippen molar-refractivity contribution in [2.24, 2.45) is 5.92 Å². The Balaban J connectivity index is 1.37. The van der Waals surface area contributed by atoms with Gasteiger partial charge in [-0.05, 0) is 49.3 Å². The van der Waals surface area contributed by atoms with Crippen molar-refractivity contribution in [3.8, 4) is 5.75 Å². The third-order valence-corrected chi connectivity index (χ3v) is 6.65. The van der Waals surface area contributed by atoms with Gasteiger partial charge in [-0.2, -0.15) is 11.8 Å². The molecule has 0 unspecified atom stereocenters. The topological polar surface area (TPSA) is 69.6 Å². The summed E-state index contributed by atoms with van der Waals surface area (Å²) in [4.78, 5) is 26.2. The molecule has 6 heteroatoms. The molecule has 1 heterocycles. The van der Waals surface area contributed by atoms with Crippen molar-refractivity contribution in [1.82, 2.24) is 5.32 Å². The zero-order chi connectivity index (χ0) is 18.4. The summed E-state index contributed by atoms with van der Waals surface area (Å²) in [5.41, 5.74) is 0.729. The van der Waals surface area contributed by atoms with Gasteiger partial charge in [0.25, 0.3) is 0 Å². The molecule has 0 bridgehead atoms. The number of nitrogens with one attached hydrogen (secondary N) is 1. The molecule has 3 rings (SSSR count).